The third-order valence-corrected chi connectivity index (χ3v) is 2.72. The Kier molecular flexibility index (Phi) is 5.44. The number of aromatic hydroxyl groups is 1. The maximum atomic E-state index is 11.0. The first-order valence-electron chi connectivity index (χ1n) is 5.86. The molecule has 1 aromatic rings. The van der Waals surface area contributed by atoms with Crippen LogP contribution in [-0.2, 0) is 11.3 Å². The van der Waals surface area contributed by atoms with Crippen molar-refractivity contribution < 1.29 is 9.90 Å². The summed E-state index contributed by atoms with van der Waals surface area (Å²) < 4.78 is 0. The number of carbonyl (C=O) groups excluding carboxylic acids is 1. The molecular formula is C13H19ClN2O2. The summed E-state index contributed by atoms with van der Waals surface area (Å²) in [6.07, 6.45) is 0. The first-order chi connectivity index (χ1) is 8.38. The Labute approximate surface area is 112 Å². The lowest BCUT2D eigenvalue weighted by molar-refractivity contribution is -0.119. The number of benzene rings is 1. The number of hydrogen-bond acceptors (Lipinski definition) is 3. The van der Waals surface area contributed by atoms with Crippen molar-refractivity contribution in [2.24, 2.45) is 11.7 Å². The number of primary amides is 1. The minimum Gasteiger partial charge on any atom is -0.506 e. The van der Waals surface area contributed by atoms with E-state index in [1.165, 1.54) is 0 Å². The molecule has 100 valence electrons. The zero-order valence-corrected chi connectivity index (χ0v) is 11.4. The number of hydrogen-bond donors (Lipinski definition) is 2. The number of carbonyl (C=O) groups is 1. The lowest BCUT2D eigenvalue weighted by Gasteiger charge is -2.22. The fraction of sp³-hybridized carbons (Fsp3) is 0.462. The Bertz CT molecular complexity index is 421. The molecule has 0 aromatic heterocycles. The van der Waals surface area contributed by atoms with E-state index >= 15 is 0 Å². The number of nitrogens with two attached hydrogens (primary N) is 1. The van der Waals surface area contributed by atoms with Crippen LogP contribution in [0.5, 0.6) is 5.75 Å². The molecule has 0 radical (unpaired) electrons. The molecule has 5 heteroatoms. The third-order valence-electron chi connectivity index (χ3n) is 2.42. The second kappa shape index (κ2) is 6.61. The standard InChI is InChI=1S/C13H19ClN2O2/c1-9(2)6-16(8-13(15)18)7-10-3-4-12(17)11(14)5-10/h3-5,9,17H,6-8H2,1-2H3,(H2,15,18). The van der Waals surface area contributed by atoms with Gasteiger partial charge in [0.25, 0.3) is 0 Å². The summed E-state index contributed by atoms with van der Waals surface area (Å²) in [6.45, 7) is 5.74. The maximum Gasteiger partial charge on any atom is 0.231 e. The molecule has 0 fully saturated rings. The Hall–Kier alpha value is -1.26. The molecule has 0 heterocycles. The highest BCUT2D eigenvalue weighted by atomic mass is 35.5. The van der Waals surface area contributed by atoms with E-state index in [0.29, 0.717) is 17.5 Å². The molecule has 0 aliphatic carbocycles. The lowest BCUT2D eigenvalue weighted by atomic mass is 10.1. The Morgan fingerprint density at radius 2 is 2.17 bits per heavy atom. The van der Waals surface area contributed by atoms with Crippen molar-refractivity contribution in [1.29, 1.82) is 0 Å². The Balaban J connectivity index is 2.74. The van der Waals surface area contributed by atoms with Gasteiger partial charge >= 0.3 is 0 Å². The quantitative estimate of drug-likeness (QED) is 0.831. The fourth-order valence-electron chi connectivity index (χ4n) is 1.83. The monoisotopic (exact) mass is 270 g/mol. The smallest absolute Gasteiger partial charge is 0.231 e. The highest BCUT2D eigenvalue weighted by Crippen LogP contribution is 2.24. The van der Waals surface area contributed by atoms with E-state index in [2.05, 4.69) is 13.8 Å². The first kappa shape index (κ1) is 14.8. The van der Waals surface area contributed by atoms with Gasteiger partial charge < -0.3 is 10.8 Å². The SMILES string of the molecule is CC(C)CN(CC(N)=O)Cc1ccc(O)c(Cl)c1. The van der Waals surface area contributed by atoms with Gasteiger partial charge in [-0.2, -0.15) is 0 Å². The highest BCUT2D eigenvalue weighted by molar-refractivity contribution is 6.32. The predicted molar refractivity (Wildman–Crippen MR) is 72.4 cm³/mol. The molecule has 0 saturated heterocycles. The van der Waals surface area contributed by atoms with E-state index in [4.69, 9.17) is 17.3 Å². The molecule has 18 heavy (non-hydrogen) atoms. The van der Waals surface area contributed by atoms with Crippen molar-refractivity contribution in [3.63, 3.8) is 0 Å². The van der Waals surface area contributed by atoms with Crippen molar-refractivity contribution in [3.05, 3.63) is 28.8 Å². The van der Waals surface area contributed by atoms with Gasteiger partial charge in [-0.25, -0.2) is 0 Å². The number of nitrogens with zero attached hydrogens (tertiary/aromatic N) is 1. The van der Waals surface area contributed by atoms with Crippen LogP contribution in [0.3, 0.4) is 0 Å². The summed E-state index contributed by atoms with van der Waals surface area (Å²) >= 11 is 5.85. The average Bonchev–Trinajstić information content (AvgIpc) is 2.21. The molecule has 3 N–H and O–H groups in total. The highest BCUT2D eigenvalue weighted by Gasteiger charge is 2.11. The average molecular weight is 271 g/mol. The normalized spacial score (nSPS) is 11.2. The van der Waals surface area contributed by atoms with Crippen LogP contribution >= 0.6 is 11.6 Å². The molecule has 0 unspecified atom stereocenters. The van der Waals surface area contributed by atoms with Crippen LogP contribution in [0.1, 0.15) is 19.4 Å². The zero-order chi connectivity index (χ0) is 13.7. The molecule has 0 aliphatic heterocycles. The fourth-order valence-corrected chi connectivity index (χ4v) is 2.03. The predicted octanol–water partition coefficient (Wildman–Crippen LogP) is 1.99. The summed E-state index contributed by atoms with van der Waals surface area (Å²) in [7, 11) is 0. The third kappa shape index (κ3) is 4.94. The number of phenolic OH excluding ortho intramolecular Hbond substituents is 1. The summed E-state index contributed by atoms with van der Waals surface area (Å²) in [5.74, 6) is 0.156. The van der Waals surface area contributed by atoms with Gasteiger partial charge in [-0.15, -0.1) is 0 Å². The largest absolute Gasteiger partial charge is 0.506 e. The molecule has 0 saturated carbocycles. The van der Waals surface area contributed by atoms with Crippen molar-refractivity contribution in [1.82, 2.24) is 4.90 Å². The summed E-state index contributed by atoms with van der Waals surface area (Å²) in [4.78, 5) is 13.0. The molecule has 4 nitrogen and oxygen atoms in total. The van der Waals surface area contributed by atoms with E-state index < -0.39 is 0 Å². The van der Waals surface area contributed by atoms with Crippen LogP contribution in [0.25, 0.3) is 0 Å². The van der Waals surface area contributed by atoms with E-state index in [-0.39, 0.29) is 18.2 Å². The van der Waals surface area contributed by atoms with Crippen LogP contribution in [0.2, 0.25) is 5.02 Å². The maximum absolute atomic E-state index is 11.0. The molecule has 0 spiro atoms. The van der Waals surface area contributed by atoms with E-state index in [1.807, 2.05) is 4.90 Å². The van der Waals surface area contributed by atoms with Gasteiger partial charge in [-0.05, 0) is 23.6 Å². The van der Waals surface area contributed by atoms with Crippen LogP contribution in [0.4, 0.5) is 0 Å². The van der Waals surface area contributed by atoms with Gasteiger partial charge in [0.1, 0.15) is 5.75 Å². The second-order valence-electron chi connectivity index (χ2n) is 4.82. The molecule has 0 bridgehead atoms. The van der Waals surface area contributed by atoms with Crippen molar-refractivity contribution in [2.45, 2.75) is 20.4 Å². The number of phenols is 1. The van der Waals surface area contributed by atoms with Gasteiger partial charge in [0.05, 0.1) is 11.6 Å². The van der Waals surface area contributed by atoms with Crippen LogP contribution in [-0.4, -0.2) is 29.0 Å². The minimum atomic E-state index is -0.347. The van der Waals surface area contributed by atoms with Crippen LogP contribution < -0.4 is 5.73 Å². The van der Waals surface area contributed by atoms with E-state index in [1.54, 1.807) is 18.2 Å². The van der Waals surface area contributed by atoms with Gasteiger partial charge in [-0.3, -0.25) is 9.69 Å². The molecule has 1 rings (SSSR count). The molecule has 1 aromatic carbocycles. The van der Waals surface area contributed by atoms with Gasteiger partial charge in [-0.1, -0.05) is 31.5 Å². The van der Waals surface area contributed by atoms with Gasteiger partial charge in [0.2, 0.25) is 5.91 Å². The van der Waals surface area contributed by atoms with Crippen molar-refractivity contribution in [2.75, 3.05) is 13.1 Å². The lowest BCUT2D eigenvalue weighted by Crippen LogP contribution is -2.35. The van der Waals surface area contributed by atoms with Gasteiger partial charge in [0, 0.05) is 13.1 Å². The van der Waals surface area contributed by atoms with Crippen LogP contribution in [0, 0.1) is 5.92 Å². The summed E-state index contributed by atoms with van der Waals surface area (Å²) in [6, 6.07) is 5.04. The molecular weight excluding hydrogens is 252 g/mol. The van der Waals surface area contributed by atoms with E-state index in [0.717, 1.165) is 12.1 Å². The van der Waals surface area contributed by atoms with Crippen LogP contribution in [0.15, 0.2) is 18.2 Å². The molecule has 0 atom stereocenters. The molecule has 0 aliphatic rings. The minimum absolute atomic E-state index is 0.0609. The topological polar surface area (TPSA) is 66.6 Å². The Morgan fingerprint density at radius 3 is 2.67 bits per heavy atom. The summed E-state index contributed by atoms with van der Waals surface area (Å²) in [5, 5.41) is 9.66. The Morgan fingerprint density at radius 1 is 1.50 bits per heavy atom. The molecule has 1 amide bonds. The summed E-state index contributed by atoms with van der Waals surface area (Å²) in [5.41, 5.74) is 6.17. The van der Waals surface area contributed by atoms with Crippen molar-refractivity contribution in [3.8, 4) is 5.75 Å². The van der Waals surface area contributed by atoms with Gasteiger partial charge in [0.15, 0.2) is 0 Å². The van der Waals surface area contributed by atoms with Crippen molar-refractivity contribution >= 4 is 17.5 Å². The number of halogens is 1. The first-order valence-corrected chi connectivity index (χ1v) is 6.24. The number of rotatable bonds is 6. The zero-order valence-electron chi connectivity index (χ0n) is 10.7. The number of amides is 1. The van der Waals surface area contributed by atoms with E-state index in [9.17, 15) is 9.90 Å². The second-order valence-corrected chi connectivity index (χ2v) is 5.22.